The number of carbonyl (C=O) groups excluding carboxylic acids is 1. The van der Waals surface area contributed by atoms with Gasteiger partial charge in [0, 0.05) is 35.6 Å². The van der Waals surface area contributed by atoms with Gasteiger partial charge in [0.1, 0.15) is 5.75 Å². The minimum absolute atomic E-state index is 0. The van der Waals surface area contributed by atoms with Crippen LogP contribution < -0.4 is 15.4 Å². The fraction of sp³-hybridized carbons (Fsp3) is 0.238. The van der Waals surface area contributed by atoms with Crippen molar-refractivity contribution >= 4 is 35.6 Å². The highest BCUT2D eigenvalue weighted by Crippen LogP contribution is 2.29. The van der Waals surface area contributed by atoms with E-state index in [-0.39, 0.29) is 30.2 Å². The Balaban J connectivity index is 0.00000289. The number of amides is 1. The van der Waals surface area contributed by atoms with Crippen molar-refractivity contribution in [2.45, 2.75) is 12.7 Å². The average Bonchev–Trinajstić information content (AvgIpc) is 3.25. The number of hydrogen-bond acceptors (Lipinski definition) is 5. The first kappa shape index (κ1) is 23.9. The maximum atomic E-state index is 12.6. The second-order valence-corrected chi connectivity index (χ2v) is 7.21. The predicted molar refractivity (Wildman–Crippen MR) is 118 cm³/mol. The zero-order valence-corrected chi connectivity index (χ0v) is 18.2. The highest BCUT2D eigenvalue weighted by Gasteiger charge is 2.19. The van der Waals surface area contributed by atoms with Crippen LogP contribution in [0.1, 0.15) is 22.0 Å². The van der Waals surface area contributed by atoms with Crippen molar-refractivity contribution in [3.8, 4) is 11.4 Å². The van der Waals surface area contributed by atoms with Crippen molar-refractivity contribution in [3.05, 3.63) is 71.0 Å². The molecule has 1 saturated heterocycles. The molecule has 0 spiro atoms. The SMILES string of the molecule is Cl.O=C(Nc1ccc(C2CNCCO2)c(Cl)c1)c1cnn(-c2ccc(OC(F)F)cc2)c1. The van der Waals surface area contributed by atoms with Crippen LogP contribution in [0.3, 0.4) is 0 Å². The second-order valence-electron chi connectivity index (χ2n) is 6.80. The van der Waals surface area contributed by atoms with Gasteiger partial charge in [-0.05, 0) is 36.4 Å². The summed E-state index contributed by atoms with van der Waals surface area (Å²) in [5.41, 5.74) is 2.32. The molecular weight excluding hydrogens is 465 g/mol. The number of carbonyl (C=O) groups is 1. The number of rotatable bonds is 6. The molecule has 3 aromatic rings. The van der Waals surface area contributed by atoms with Gasteiger partial charge in [-0.2, -0.15) is 13.9 Å². The lowest BCUT2D eigenvalue weighted by Gasteiger charge is -2.25. The van der Waals surface area contributed by atoms with E-state index in [0.29, 0.717) is 35.1 Å². The number of alkyl halides is 2. The standard InChI is InChI=1S/C21H19ClF2N4O3.ClH/c22-18-9-14(1-6-17(18)19-11-25-7-8-30-19)27-20(29)13-10-26-28(12-13)15-2-4-16(5-3-15)31-21(23)24;/h1-6,9-10,12,19,21,25H,7-8,11H2,(H,27,29);1H. The first-order valence-corrected chi connectivity index (χ1v) is 9.90. The van der Waals surface area contributed by atoms with E-state index >= 15 is 0 Å². The van der Waals surface area contributed by atoms with Gasteiger partial charge < -0.3 is 20.1 Å². The first-order chi connectivity index (χ1) is 15.0. The molecule has 2 aromatic carbocycles. The van der Waals surface area contributed by atoms with E-state index in [9.17, 15) is 13.6 Å². The molecule has 1 atom stereocenters. The van der Waals surface area contributed by atoms with Gasteiger partial charge in [-0.15, -0.1) is 12.4 Å². The van der Waals surface area contributed by atoms with Crippen molar-refractivity contribution < 1.29 is 23.0 Å². The number of nitrogens with one attached hydrogen (secondary N) is 2. The molecule has 7 nitrogen and oxygen atoms in total. The van der Waals surface area contributed by atoms with Crippen LogP contribution >= 0.6 is 24.0 Å². The van der Waals surface area contributed by atoms with Crippen LogP contribution in [0.15, 0.2) is 54.9 Å². The largest absolute Gasteiger partial charge is 0.435 e. The summed E-state index contributed by atoms with van der Waals surface area (Å²) in [4.78, 5) is 12.6. The summed E-state index contributed by atoms with van der Waals surface area (Å²) < 4.78 is 36.0. The molecule has 1 fully saturated rings. The number of anilines is 1. The first-order valence-electron chi connectivity index (χ1n) is 9.52. The number of hydrogen-bond donors (Lipinski definition) is 2. The highest BCUT2D eigenvalue weighted by molar-refractivity contribution is 6.31. The van der Waals surface area contributed by atoms with Crippen LogP contribution in [0.25, 0.3) is 5.69 Å². The van der Waals surface area contributed by atoms with Crippen molar-refractivity contribution in [2.24, 2.45) is 0 Å². The van der Waals surface area contributed by atoms with Crippen molar-refractivity contribution in [3.63, 3.8) is 0 Å². The summed E-state index contributed by atoms with van der Waals surface area (Å²) in [6, 6.07) is 11.2. The molecule has 1 aromatic heterocycles. The van der Waals surface area contributed by atoms with Crippen LogP contribution in [-0.2, 0) is 4.74 Å². The van der Waals surface area contributed by atoms with Crippen molar-refractivity contribution in [2.75, 3.05) is 25.0 Å². The molecule has 32 heavy (non-hydrogen) atoms. The van der Waals surface area contributed by atoms with Gasteiger partial charge in [-0.25, -0.2) is 4.68 Å². The smallest absolute Gasteiger partial charge is 0.387 e. The molecule has 11 heteroatoms. The number of benzene rings is 2. The Bertz CT molecular complexity index is 1060. The summed E-state index contributed by atoms with van der Waals surface area (Å²) in [7, 11) is 0. The van der Waals surface area contributed by atoms with Crippen LogP contribution in [0, 0.1) is 0 Å². The van der Waals surface area contributed by atoms with Gasteiger partial charge in [-0.1, -0.05) is 17.7 Å². The molecule has 1 aliphatic rings. The molecule has 2 N–H and O–H groups in total. The Labute approximate surface area is 194 Å². The number of morpholine rings is 1. The lowest BCUT2D eigenvalue weighted by Crippen LogP contribution is -2.33. The molecule has 1 amide bonds. The van der Waals surface area contributed by atoms with Crippen LogP contribution in [0.4, 0.5) is 14.5 Å². The normalized spacial score (nSPS) is 15.8. The quantitative estimate of drug-likeness (QED) is 0.539. The number of halogens is 4. The fourth-order valence-electron chi connectivity index (χ4n) is 3.20. The number of ether oxygens (including phenoxy) is 2. The minimum atomic E-state index is -2.89. The zero-order valence-electron chi connectivity index (χ0n) is 16.6. The summed E-state index contributed by atoms with van der Waals surface area (Å²) in [5, 5.41) is 10.7. The Kier molecular flexibility index (Phi) is 8.03. The summed E-state index contributed by atoms with van der Waals surface area (Å²) in [6.07, 6.45) is 2.83. The van der Waals surface area contributed by atoms with Crippen LogP contribution in [0.5, 0.6) is 5.75 Å². The molecule has 1 unspecified atom stereocenters. The topological polar surface area (TPSA) is 77.4 Å². The second kappa shape index (κ2) is 10.7. The van der Waals surface area contributed by atoms with Gasteiger partial charge in [0.2, 0.25) is 0 Å². The Morgan fingerprint density at radius 2 is 2.06 bits per heavy atom. The molecule has 0 radical (unpaired) electrons. The van der Waals surface area contributed by atoms with Crippen LogP contribution in [0.2, 0.25) is 5.02 Å². The van der Waals surface area contributed by atoms with Gasteiger partial charge in [0.05, 0.1) is 30.2 Å². The summed E-state index contributed by atoms with van der Waals surface area (Å²) in [6.45, 7) is -0.783. The summed E-state index contributed by atoms with van der Waals surface area (Å²) in [5.74, 6) is -0.318. The van der Waals surface area contributed by atoms with Gasteiger partial charge in [-0.3, -0.25) is 4.79 Å². The van der Waals surface area contributed by atoms with Gasteiger partial charge >= 0.3 is 6.61 Å². The zero-order chi connectivity index (χ0) is 21.8. The third-order valence-electron chi connectivity index (χ3n) is 4.70. The van der Waals surface area contributed by atoms with E-state index in [0.717, 1.165) is 12.1 Å². The maximum absolute atomic E-state index is 12.6. The molecular formula is C21H20Cl2F2N4O3. The van der Waals surface area contributed by atoms with Crippen molar-refractivity contribution in [1.82, 2.24) is 15.1 Å². The average molecular weight is 485 g/mol. The molecule has 170 valence electrons. The Morgan fingerprint density at radius 1 is 1.28 bits per heavy atom. The van der Waals surface area contributed by atoms with E-state index in [4.69, 9.17) is 16.3 Å². The molecule has 0 bridgehead atoms. The Morgan fingerprint density at radius 3 is 2.72 bits per heavy atom. The number of nitrogens with zero attached hydrogens (tertiary/aromatic N) is 2. The lowest BCUT2D eigenvalue weighted by molar-refractivity contribution is -0.0498. The van der Waals surface area contributed by atoms with Crippen LogP contribution in [-0.4, -0.2) is 42.0 Å². The van der Waals surface area contributed by atoms with E-state index in [2.05, 4.69) is 20.5 Å². The van der Waals surface area contributed by atoms with E-state index < -0.39 is 6.61 Å². The molecule has 2 heterocycles. The summed E-state index contributed by atoms with van der Waals surface area (Å²) >= 11 is 6.39. The van der Waals surface area contributed by atoms with E-state index in [1.165, 1.54) is 29.2 Å². The fourth-order valence-corrected chi connectivity index (χ4v) is 3.50. The predicted octanol–water partition coefficient (Wildman–Crippen LogP) is 4.46. The van der Waals surface area contributed by atoms with E-state index in [1.54, 1.807) is 24.3 Å². The highest BCUT2D eigenvalue weighted by atomic mass is 35.5. The third kappa shape index (κ3) is 5.74. The monoisotopic (exact) mass is 484 g/mol. The minimum Gasteiger partial charge on any atom is -0.435 e. The maximum Gasteiger partial charge on any atom is 0.387 e. The molecule has 4 rings (SSSR count). The number of aromatic nitrogens is 2. The van der Waals surface area contributed by atoms with Crippen molar-refractivity contribution in [1.29, 1.82) is 0 Å². The molecule has 0 saturated carbocycles. The molecule has 0 aliphatic carbocycles. The van der Waals surface area contributed by atoms with Gasteiger partial charge in [0.25, 0.3) is 5.91 Å². The van der Waals surface area contributed by atoms with Gasteiger partial charge in [0.15, 0.2) is 0 Å². The molecule has 1 aliphatic heterocycles. The lowest BCUT2D eigenvalue weighted by atomic mass is 10.1. The van der Waals surface area contributed by atoms with E-state index in [1.807, 2.05) is 6.07 Å². The Hall–Kier alpha value is -2.72. The third-order valence-corrected chi connectivity index (χ3v) is 5.03.